The maximum absolute atomic E-state index is 14.0. The van der Waals surface area contributed by atoms with Crippen molar-refractivity contribution in [3.63, 3.8) is 0 Å². The summed E-state index contributed by atoms with van der Waals surface area (Å²) in [4.78, 5) is 17.3. The molecule has 5 rings (SSSR count). The normalized spacial score (nSPS) is 20.7. The van der Waals surface area contributed by atoms with Crippen LogP contribution >= 0.6 is 11.6 Å². The number of aromatic amines is 1. The Labute approximate surface area is 204 Å². The maximum Gasteiger partial charge on any atom is 0.387 e. The molecular formula is C24H22ClF3N4O3. The number of piperazine rings is 1. The fourth-order valence-electron chi connectivity index (χ4n) is 4.57. The first-order chi connectivity index (χ1) is 16.9. The Balaban J connectivity index is 1.24. The largest absolute Gasteiger partial charge is 0.435 e. The molecule has 1 N–H and O–H groups in total. The summed E-state index contributed by atoms with van der Waals surface area (Å²) in [6.07, 6.45) is 1.13. The highest BCUT2D eigenvalue weighted by molar-refractivity contribution is 6.36. The lowest BCUT2D eigenvalue weighted by Gasteiger charge is -2.46. The number of fused-ring (bicyclic) bond motifs is 1. The molecule has 35 heavy (non-hydrogen) atoms. The van der Waals surface area contributed by atoms with E-state index < -0.39 is 12.6 Å². The van der Waals surface area contributed by atoms with Crippen LogP contribution in [0.3, 0.4) is 0 Å². The van der Waals surface area contributed by atoms with Gasteiger partial charge >= 0.3 is 6.61 Å². The number of amides is 1. The Morgan fingerprint density at radius 1 is 1.14 bits per heavy atom. The Kier molecular flexibility index (Phi) is 6.68. The lowest BCUT2D eigenvalue weighted by Crippen LogP contribution is -2.59. The average Bonchev–Trinajstić information content (AvgIpc) is 3.29. The third-order valence-electron chi connectivity index (χ3n) is 6.37. The van der Waals surface area contributed by atoms with Crippen molar-refractivity contribution in [2.45, 2.75) is 18.8 Å². The van der Waals surface area contributed by atoms with Crippen LogP contribution in [0.15, 0.2) is 48.7 Å². The highest BCUT2D eigenvalue weighted by Gasteiger charge is 2.36. The Morgan fingerprint density at radius 3 is 2.66 bits per heavy atom. The highest BCUT2D eigenvalue weighted by atomic mass is 35.5. The Hall–Kier alpha value is -3.08. The molecule has 11 heteroatoms. The first-order valence-corrected chi connectivity index (χ1v) is 11.5. The molecule has 2 aliphatic heterocycles. The second-order valence-corrected chi connectivity index (χ2v) is 8.81. The van der Waals surface area contributed by atoms with Crippen LogP contribution in [0.4, 0.5) is 13.2 Å². The third-order valence-corrected chi connectivity index (χ3v) is 6.78. The SMILES string of the molecule is O=C(c1cccc(-c2cn[nH]c2F)c1Cl)N1CCN2CC(c3ccc(OC(F)F)cc3)OCC2C1. The zero-order chi connectivity index (χ0) is 24.5. The van der Waals surface area contributed by atoms with E-state index in [-0.39, 0.29) is 34.4 Å². The van der Waals surface area contributed by atoms with E-state index in [1.807, 2.05) is 0 Å². The number of hydrogen-bond acceptors (Lipinski definition) is 5. The highest BCUT2D eigenvalue weighted by Crippen LogP contribution is 2.33. The molecule has 2 unspecified atom stereocenters. The minimum Gasteiger partial charge on any atom is -0.435 e. The third kappa shape index (κ3) is 4.86. The summed E-state index contributed by atoms with van der Waals surface area (Å²) in [7, 11) is 0. The molecule has 184 valence electrons. The van der Waals surface area contributed by atoms with Gasteiger partial charge in [-0.2, -0.15) is 18.3 Å². The van der Waals surface area contributed by atoms with Gasteiger partial charge in [0.25, 0.3) is 5.91 Å². The average molecular weight is 507 g/mol. The van der Waals surface area contributed by atoms with Crippen LogP contribution in [0.2, 0.25) is 5.02 Å². The van der Waals surface area contributed by atoms with Crippen LogP contribution in [0, 0.1) is 5.95 Å². The predicted molar refractivity (Wildman–Crippen MR) is 122 cm³/mol. The van der Waals surface area contributed by atoms with Gasteiger partial charge < -0.3 is 14.4 Å². The summed E-state index contributed by atoms with van der Waals surface area (Å²) in [6, 6.07) is 11.4. The van der Waals surface area contributed by atoms with Crippen LogP contribution in [-0.4, -0.2) is 71.3 Å². The first kappa shape index (κ1) is 23.7. The molecule has 0 bridgehead atoms. The van der Waals surface area contributed by atoms with E-state index in [0.717, 1.165) is 5.56 Å². The second-order valence-electron chi connectivity index (χ2n) is 8.43. The number of morpholine rings is 1. The van der Waals surface area contributed by atoms with Crippen molar-refractivity contribution in [3.8, 4) is 16.9 Å². The number of H-pyrrole nitrogens is 1. The molecule has 2 saturated heterocycles. The molecule has 2 fully saturated rings. The van der Waals surface area contributed by atoms with Gasteiger partial charge in [0, 0.05) is 31.7 Å². The molecule has 2 aromatic carbocycles. The van der Waals surface area contributed by atoms with Crippen molar-refractivity contribution in [2.75, 3.05) is 32.8 Å². The van der Waals surface area contributed by atoms with E-state index >= 15 is 0 Å². The number of benzene rings is 2. The Morgan fingerprint density at radius 2 is 1.94 bits per heavy atom. The molecule has 0 radical (unpaired) electrons. The number of alkyl halides is 2. The summed E-state index contributed by atoms with van der Waals surface area (Å²) in [6.45, 7) is -0.209. The lowest BCUT2D eigenvalue weighted by atomic mass is 10.0. The van der Waals surface area contributed by atoms with Crippen molar-refractivity contribution >= 4 is 17.5 Å². The number of rotatable bonds is 5. The fourth-order valence-corrected chi connectivity index (χ4v) is 4.88. The molecule has 2 aliphatic rings. The molecule has 0 spiro atoms. The van der Waals surface area contributed by atoms with E-state index in [2.05, 4.69) is 19.8 Å². The number of carbonyl (C=O) groups excluding carboxylic acids is 1. The number of halogens is 4. The van der Waals surface area contributed by atoms with E-state index in [4.69, 9.17) is 16.3 Å². The quantitative estimate of drug-likeness (QED) is 0.556. The molecule has 7 nitrogen and oxygen atoms in total. The molecule has 0 aliphatic carbocycles. The molecule has 1 aromatic heterocycles. The van der Waals surface area contributed by atoms with Gasteiger partial charge in [0.2, 0.25) is 5.95 Å². The molecule has 1 amide bonds. The van der Waals surface area contributed by atoms with Crippen LogP contribution in [-0.2, 0) is 4.74 Å². The number of ether oxygens (including phenoxy) is 2. The van der Waals surface area contributed by atoms with Crippen LogP contribution < -0.4 is 4.74 Å². The summed E-state index contributed by atoms with van der Waals surface area (Å²) >= 11 is 6.51. The van der Waals surface area contributed by atoms with Gasteiger partial charge in [0.05, 0.1) is 41.1 Å². The van der Waals surface area contributed by atoms with Gasteiger partial charge in [-0.15, -0.1) is 0 Å². The first-order valence-electron chi connectivity index (χ1n) is 11.1. The summed E-state index contributed by atoms with van der Waals surface area (Å²) < 4.78 is 49.2. The van der Waals surface area contributed by atoms with Gasteiger partial charge in [0.1, 0.15) is 5.75 Å². The van der Waals surface area contributed by atoms with Crippen molar-refractivity contribution < 1.29 is 27.4 Å². The van der Waals surface area contributed by atoms with Gasteiger partial charge in [0.15, 0.2) is 0 Å². The number of nitrogens with zero attached hydrogens (tertiary/aromatic N) is 3. The van der Waals surface area contributed by atoms with Gasteiger partial charge in [-0.3, -0.25) is 14.8 Å². The number of carbonyl (C=O) groups is 1. The molecular weight excluding hydrogens is 485 g/mol. The number of hydrogen-bond donors (Lipinski definition) is 1. The Bertz CT molecular complexity index is 1210. The zero-order valence-electron chi connectivity index (χ0n) is 18.5. The van der Waals surface area contributed by atoms with E-state index in [0.29, 0.717) is 43.9 Å². The van der Waals surface area contributed by atoms with Crippen molar-refractivity contribution in [2.24, 2.45) is 0 Å². The smallest absolute Gasteiger partial charge is 0.387 e. The maximum atomic E-state index is 14.0. The number of nitrogens with one attached hydrogen (secondary N) is 1. The van der Waals surface area contributed by atoms with Gasteiger partial charge in [-0.05, 0) is 23.8 Å². The lowest BCUT2D eigenvalue weighted by molar-refractivity contribution is -0.0858. The summed E-state index contributed by atoms with van der Waals surface area (Å²) in [5, 5.41) is 6.10. The molecule has 3 aromatic rings. The molecule has 2 atom stereocenters. The van der Waals surface area contributed by atoms with E-state index in [9.17, 15) is 18.0 Å². The van der Waals surface area contributed by atoms with E-state index in [1.54, 1.807) is 35.2 Å². The molecule has 0 saturated carbocycles. The monoisotopic (exact) mass is 506 g/mol. The predicted octanol–water partition coefficient (Wildman–Crippen LogP) is 4.37. The number of aromatic nitrogens is 2. The van der Waals surface area contributed by atoms with Gasteiger partial charge in [-0.1, -0.05) is 35.9 Å². The van der Waals surface area contributed by atoms with Crippen molar-refractivity contribution in [1.82, 2.24) is 20.0 Å². The van der Waals surface area contributed by atoms with Gasteiger partial charge in [-0.25, -0.2) is 0 Å². The topological polar surface area (TPSA) is 70.7 Å². The minimum atomic E-state index is -2.87. The van der Waals surface area contributed by atoms with Crippen LogP contribution in [0.1, 0.15) is 22.0 Å². The standard InChI is InChI=1S/C24H22ClF3N4O3/c25-21-17(19-10-29-30-22(19)26)2-1-3-18(21)23(33)32-9-8-31-12-20(34-13-15(31)11-32)14-4-6-16(7-5-14)35-24(27)28/h1-7,10,15,20,24H,8-9,11-13H2,(H,29,30). The minimum absolute atomic E-state index is 0.0127. The van der Waals surface area contributed by atoms with Crippen LogP contribution in [0.25, 0.3) is 11.1 Å². The zero-order valence-corrected chi connectivity index (χ0v) is 19.2. The summed E-state index contributed by atoms with van der Waals surface area (Å²) in [5.74, 6) is -0.741. The van der Waals surface area contributed by atoms with E-state index in [1.165, 1.54) is 18.3 Å². The van der Waals surface area contributed by atoms with Crippen molar-refractivity contribution in [3.05, 3.63) is 70.8 Å². The fraction of sp³-hybridized carbons (Fsp3) is 0.333. The second kappa shape index (κ2) is 9.88. The summed E-state index contributed by atoms with van der Waals surface area (Å²) in [5.41, 5.74) is 1.78. The van der Waals surface area contributed by atoms with Crippen molar-refractivity contribution in [1.29, 1.82) is 0 Å². The molecule has 3 heterocycles. The van der Waals surface area contributed by atoms with Crippen LogP contribution in [0.5, 0.6) is 5.75 Å².